The summed E-state index contributed by atoms with van der Waals surface area (Å²) in [5, 5.41) is 13.1. The molecule has 0 aromatic heterocycles. The number of aliphatic hydroxyl groups is 1. The van der Waals surface area contributed by atoms with Crippen LogP contribution in [0.3, 0.4) is 0 Å². The Hall–Kier alpha value is -2.21. The number of amides is 1. The van der Waals surface area contributed by atoms with E-state index >= 15 is 0 Å². The van der Waals surface area contributed by atoms with Crippen molar-refractivity contribution >= 4 is 29.0 Å². The van der Waals surface area contributed by atoms with Gasteiger partial charge in [0, 0.05) is 29.6 Å². The normalized spacial score (nSPS) is 20.8. The number of carbonyl (C=O) groups excluding carboxylic acids is 2. The summed E-state index contributed by atoms with van der Waals surface area (Å²) in [7, 11) is 0. The van der Waals surface area contributed by atoms with Gasteiger partial charge in [-0.2, -0.15) is 0 Å². The monoisotopic (exact) mass is 414 g/mol. The molecule has 0 radical (unpaired) electrons. The maximum absolute atomic E-state index is 12.9. The van der Waals surface area contributed by atoms with E-state index < -0.39 is 6.10 Å². The van der Waals surface area contributed by atoms with Crippen LogP contribution in [0, 0.1) is 18.3 Å². The zero-order chi connectivity index (χ0) is 21.3. The van der Waals surface area contributed by atoms with Crippen LogP contribution >= 0.6 is 11.6 Å². The summed E-state index contributed by atoms with van der Waals surface area (Å²) in [6.07, 6.45) is -0.981. The van der Waals surface area contributed by atoms with Gasteiger partial charge in [-0.05, 0) is 41.2 Å². The molecule has 2 aromatic carbocycles. The Kier molecular flexibility index (Phi) is 6.13. The molecule has 0 aliphatic heterocycles. The molecule has 29 heavy (non-hydrogen) atoms. The molecule has 0 spiro atoms. The Bertz CT molecular complexity index is 924. The molecule has 0 heterocycles. The summed E-state index contributed by atoms with van der Waals surface area (Å²) in [4.78, 5) is 24.8. The third kappa shape index (κ3) is 4.53. The molecule has 5 nitrogen and oxygen atoms in total. The van der Waals surface area contributed by atoms with Crippen molar-refractivity contribution in [1.29, 1.82) is 0 Å². The highest BCUT2D eigenvalue weighted by molar-refractivity contribution is 6.31. The fraction of sp³-hybridized carbons (Fsp3) is 0.391. The average molecular weight is 415 g/mol. The van der Waals surface area contributed by atoms with E-state index in [0.29, 0.717) is 5.02 Å². The number of nitrogens with one attached hydrogen (secondary N) is 1. The Labute approximate surface area is 176 Å². The molecular formula is C23H27ClN2O3. The molecule has 154 valence electrons. The summed E-state index contributed by atoms with van der Waals surface area (Å²) in [6.45, 7) is 6.03. The first-order valence-corrected chi connectivity index (χ1v) is 10.1. The second kappa shape index (κ2) is 8.27. The van der Waals surface area contributed by atoms with Crippen molar-refractivity contribution in [3.63, 3.8) is 0 Å². The molecule has 3 unspecified atom stereocenters. The molecular weight excluding hydrogens is 388 g/mol. The van der Waals surface area contributed by atoms with E-state index in [1.807, 2.05) is 37.3 Å². The maximum Gasteiger partial charge on any atom is 0.228 e. The number of anilines is 1. The molecule has 6 heteroatoms. The highest BCUT2D eigenvalue weighted by Crippen LogP contribution is 2.64. The first-order chi connectivity index (χ1) is 13.6. The van der Waals surface area contributed by atoms with Crippen LogP contribution in [0.2, 0.25) is 5.02 Å². The van der Waals surface area contributed by atoms with Crippen molar-refractivity contribution in [3.05, 3.63) is 64.2 Å². The summed E-state index contributed by atoms with van der Waals surface area (Å²) in [5.41, 5.74) is 8.75. The van der Waals surface area contributed by atoms with E-state index in [2.05, 4.69) is 19.2 Å². The van der Waals surface area contributed by atoms with Gasteiger partial charge in [0.2, 0.25) is 5.91 Å². The molecule has 4 N–H and O–H groups in total. The first kappa shape index (κ1) is 21.5. The smallest absolute Gasteiger partial charge is 0.228 e. The molecule has 1 saturated carbocycles. The van der Waals surface area contributed by atoms with E-state index in [4.69, 9.17) is 17.3 Å². The van der Waals surface area contributed by atoms with Crippen molar-refractivity contribution in [1.82, 2.24) is 0 Å². The number of Topliss-reactive ketones (excluding diaryl/α,β-unsaturated/α-hetero) is 1. The van der Waals surface area contributed by atoms with E-state index in [9.17, 15) is 14.7 Å². The number of carbonyl (C=O) groups is 2. The van der Waals surface area contributed by atoms with Gasteiger partial charge in [-0.1, -0.05) is 55.8 Å². The Morgan fingerprint density at radius 1 is 1.21 bits per heavy atom. The Morgan fingerprint density at radius 3 is 2.48 bits per heavy atom. The fourth-order valence-electron chi connectivity index (χ4n) is 3.98. The van der Waals surface area contributed by atoms with E-state index in [1.165, 1.54) is 0 Å². The van der Waals surface area contributed by atoms with Crippen LogP contribution in [0.4, 0.5) is 5.69 Å². The molecule has 1 aliphatic rings. The lowest BCUT2D eigenvalue weighted by Gasteiger charge is -2.09. The van der Waals surface area contributed by atoms with Crippen molar-refractivity contribution in [3.8, 4) is 0 Å². The van der Waals surface area contributed by atoms with Crippen LogP contribution in [-0.4, -0.2) is 29.4 Å². The molecule has 1 fully saturated rings. The van der Waals surface area contributed by atoms with Gasteiger partial charge in [0.1, 0.15) is 6.10 Å². The lowest BCUT2D eigenvalue weighted by atomic mass is 9.99. The average Bonchev–Trinajstić information content (AvgIpc) is 3.26. The number of benzene rings is 2. The number of hydrogen-bond acceptors (Lipinski definition) is 4. The van der Waals surface area contributed by atoms with Crippen LogP contribution in [0.5, 0.6) is 0 Å². The lowest BCUT2D eigenvalue weighted by molar-refractivity contribution is -0.126. The van der Waals surface area contributed by atoms with Gasteiger partial charge >= 0.3 is 0 Å². The molecule has 1 aliphatic carbocycles. The summed E-state index contributed by atoms with van der Waals surface area (Å²) < 4.78 is 0. The number of hydrogen-bond donors (Lipinski definition) is 3. The third-order valence-corrected chi connectivity index (χ3v) is 6.11. The van der Waals surface area contributed by atoms with E-state index in [-0.39, 0.29) is 41.9 Å². The molecule has 2 aromatic rings. The largest absolute Gasteiger partial charge is 0.384 e. The molecule has 0 saturated heterocycles. The fourth-order valence-corrected chi connectivity index (χ4v) is 4.15. The number of rotatable bonds is 7. The molecule has 0 bridgehead atoms. The minimum Gasteiger partial charge on any atom is -0.384 e. The van der Waals surface area contributed by atoms with Gasteiger partial charge in [0.15, 0.2) is 5.78 Å². The lowest BCUT2D eigenvalue weighted by Crippen LogP contribution is -2.30. The number of aryl methyl sites for hydroxylation is 1. The van der Waals surface area contributed by atoms with Crippen molar-refractivity contribution in [2.45, 2.75) is 39.2 Å². The third-order valence-electron chi connectivity index (χ3n) is 5.88. The van der Waals surface area contributed by atoms with Gasteiger partial charge in [-0.15, -0.1) is 0 Å². The predicted molar refractivity (Wildman–Crippen MR) is 115 cm³/mol. The van der Waals surface area contributed by atoms with Crippen LogP contribution in [-0.2, 0) is 16.0 Å². The molecule has 1 amide bonds. The number of aliphatic hydroxyl groups excluding tert-OH is 1. The van der Waals surface area contributed by atoms with Gasteiger partial charge in [0.25, 0.3) is 0 Å². The maximum atomic E-state index is 12.9. The second-order valence-corrected chi connectivity index (χ2v) is 8.80. The Balaban J connectivity index is 1.70. The van der Waals surface area contributed by atoms with Crippen LogP contribution in [0.15, 0.2) is 42.5 Å². The Morgan fingerprint density at radius 2 is 1.86 bits per heavy atom. The minimum absolute atomic E-state index is 0.0179. The van der Waals surface area contributed by atoms with Crippen molar-refractivity contribution < 1.29 is 14.7 Å². The van der Waals surface area contributed by atoms with Gasteiger partial charge in [-0.25, -0.2) is 0 Å². The zero-order valence-electron chi connectivity index (χ0n) is 16.9. The quantitative estimate of drug-likeness (QED) is 0.646. The number of halogens is 1. The topological polar surface area (TPSA) is 92.4 Å². The predicted octanol–water partition coefficient (Wildman–Crippen LogP) is 3.46. The van der Waals surface area contributed by atoms with Crippen LogP contribution in [0.1, 0.15) is 36.5 Å². The van der Waals surface area contributed by atoms with Gasteiger partial charge in [-0.3, -0.25) is 9.59 Å². The highest BCUT2D eigenvalue weighted by Gasteiger charge is 2.62. The van der Waals surface area contributed by atoms with E-state index in [0.717, 1.165) is 22.4 Å². The van der Waals surface area contributed by atoms with Crippen LogP contribution < -0.4 is 11.1 Å². The standard InChI is InChI=1S/C23H27ClN2O3/c1-13-4-9-16(24)11-17(13)26-22(29)21-20(23(21,2)3)15-7-5-14(6-8-15)10-18(27)19(28)12-25/h4-9,11,19-21,28H,10,12,25H2,1-3H3,(H,26,29). The SMILES string of the molecule is Cc1ccc(Cl)cc1NC(=O)C1C(c2ccc(CC(=O)C(O)CN)cc2)C1(C)C. The van der Waals surface area contributed by atoms with Crippen LogP contribution in [0.25, 0.3) is 0 Å². The minimum atomic E-state index is -1.12. The summed E-state index contributed by atoms with van der Waals surface area (Å²) in [6, 6.07) is 13.1. The second-order valence-electron chi connectivity index (χ2n) is 8.36. The first-order valence-electron chi connectivity index (χ1n) is 9.72. The molecule has 3 rings (SSSR count). The van der Waals surface area contributed by atoms with E-state index in [1.54, 1.807) is 12.1 Å². The van der Waals surface area contributed by atoms with Gasteiger partial charge in [0.05, 0.1) is 5.92 Å². The molecule has 3 atom stereocenters. The summed E-state index contributed by atoms with van der Waals surface area (Å²) >= 11 is 6.06. The van der Waals surface area contributed by atoms with Crippen molar-refractivity contribution in [2.24, 2.45) is 17.1 Å². The number of ketones is 1. The van der Waals surface area contributed by atoms with Crippen molar-refractivity contribution in [2.75, 3.05) is 11.9 Å². The number of nitrogens with two attached hydrogens (primary N) is 1. The van der Waals surface area contributed by atoms with Gasteiger partial charge < -0.3 is 16.2 Å². The highest BCUT2D eigenvalue weighted by atomic mass is 35.5. The summed E-state index contributed by atoms with van der Waals surface area (Å²) in [5.74, 6) is -0.356. The zero-order valence-corrected chi connectivity index (χ0v) is 17.7.